The zero-order valence-electron chi connectivity index (χ0n) is 9.79. The summed E-state index contributed by atoms with van der Waals surface area (Å²) >= 11 is 1.39. The first-order valence-corrected chi connectivity index (χ1v) is 6.08. The lowest BCUT2D eigenvalue weighted by Gasteiger charge is -2.10. The Kier molecular flexibility index (Phi) is 5.27. The molecular weight excluding hydrogens is 270 g/mol. The Hall–Kier alpha value is -1.43. The second-order valence-electron chi connectivity index (χ2n) is 3.67. The lowest BCUT2D eigenvalue weighted by Crippen LogP contribution is -2.27. The molecule has 0 aliphatic heterocycles. The van der Waals surface area contributed by atoms with Crippen molar-refractivity contribution in [3.8, 4) is 0 Å². The average Bonchev–Trinajstić information content (AvgIpc) is 2.75. The average molecular weight is 284 g/mol. The first kappa shape index (κ1) is 14.6. The number of benzene rings is 1. The second kappa shape index (κ2) is 6.49. The lowest BCUT2D eigenvalue weighted by molar-refractivity contribution is -0.117. The summed E-state index contributed by atoms with van der Waals surface area (Å²) in [5.74, 6) is -0.245. The molecule has 1 unspecified atom stereocenters. The van der Waals surface area contributed by atoms with E-state index in [-0.39, 0.29) is 18.3 Å². The van der Waals surface area contributed by atoms with Crippen molar-refractivity contribution in [2.75, 3.05) is 5.32 Å². The summed E-state index contributed by atoms with van der Waals surface area (Å²) < 4.78 is 0. The van der Waals surface area contributed by atoms with E-state index in [1.165, 1.54) is 11.3 Å². The number of aryl methyl sites for hydroxylation is 1. The van der Waals surface area contributed by atoms with Gasteiger partial charge in [0.1, 0.15) is 6.04 Å². The van der Waals surface area contributed by atoms with Crippen LogP contribution < -0.4 is 11.1 Å². The number of thiazole rings is 1. The van der Waals surface area contributed by atoms with Gasteiger partial charge in [-0.05, 0) is 12.5 Å². The number of carbonyl (C=O) groups is 1. The number of nitrogens with one attached hydrogen (secondary N) is 1. The minimum atomic E-state index is -0.666. The van der Waals surface area contributed by atoms with Crippen LogP contribution in [0.15, 0.2) is 35.7 Å². The predicted octanol–water partition coefficient (Wildman–Crippen LogP) is 2.51. The largest absolute Gasteiger partial charge is 0.316 e. The van der Waals surface area contributed by atoms with E-state index in [2.05, 4.69) is 10.3 Å². The molecule has 96 valence electrons. The van der Waals surface area contributed by atoms with E-state index in [1.807, 2.05) is 42.6 Å². The summed E-state index contributed by atoms with van der Waals surface area (Å²) in [6, 6.07) is 8.60. The number of hydrogen-bond acceptors (Lipinski definition) is 4. The molecule has 0 radical (unpaired) electrons. The van der Waals surface area contributed by atoms with Gasteiger partial charge in [0, 0.05) is 5.38 Å². The molecular formula is C12H14ClN3OS. The molecule has 2 rings (SSSR count). The van der Waals surface area contributed by atoms with Crippen LogP contribution in [0.25, 0.3) is 0 Å². The molecule has 18 heavy (non-hydrogen) atoms. The highest BCUT2D eigenvalue weighted by Gasteiger charge is 2.16. The van der Waals surface area contributed by atoms with Crippen LogP contribution in [0.3, 0.4) is 0 Å². The smallest absolute Gasteiger partial charge is 0.247 e. The normalized spacial score (nSPS) is 11.4. The topological polar surface area (TPSA) is 68.0 Å². The number of nitrogens with two attached hydrogens (primary N) is 1. The highest BCUT2D eigenvalue weighted by molar-refractivity contribution is 7.13. The fraction of sp³-hybridized carbons (Fsp3) is 0.167. The molecule has 1 amide bonds. The molecule has 0 bridgehead atoms. The maximum Gasteiger partial charge on any atom is 0.247 e. The molecule has 0 spiro atoms. The molecule has 0 aliphatic carbocycles. The fourth-order valence-corrected chi connectivity index (χ4v) is 2.10. The van der Waals surface area contributed by atoms with Crippen LogP contribution in [0, 0.1) is 6.92 Å². The number of nitrogens with zero attached hydrogens (tertiary/aromatic N) is 1. The summed E-state index contributed by atoms with van der Waals surface area (Å²) in [5, 5.41) is 5.17. The lowest BCUT2D eigenvalue weighted by atomic mass is 10.1. The van der Waals surface area contributed by atoms with E-state index in [9.17, 15) is 4.79 Å². The van der Waals surface area contributed by atoms with Gasteiger partial charge in [0.2, 0.25) is 5.91 Å². The molecule has 4 nitrogen and oxygen atoms in total. The number of carbonyl (C=O) groups excluding carboxylic acids is 1. The summed E-state index contributed by atoms with van der Waals surface area (Å²) in [6.45, 7) is 1.88. The maximum atomic E-state index is 11.9. The summed E-state index contributed by atoms with van der Waals surface area (Å²) in [7, 11) is 0. The minimum absolute atomic E-state index is 0. The number of amides is 1. The molecule has 0 saturated heterocycles. The molecule has 2 aromatic rings. The second-order valence-corrected chi connectivity index (χ2v) is 4.53. The van der Waals surface area contributed by atoms with E-state index in [4.69, 9.17) is 5.73 Å². The van der Waals surface area contributed by atoms with Crippen LogP contribution in [0.5, 0.6) is 0 Å². The van der Waals surface area contributed by atoms with Crippen molar-refractivity contribution in [2.24, 2.45) is 5.73 Å². The van der Waals surface area contributed by atoms with Crippen molar-refractivity contribution in [3.63, 3.8) is 0 Å². The molecule has 1 aromatic carbocycles. The van der Waals surface area contributed by atoms with Gasteiger partial charge < -0.3 is 11.1 Å². The Balaban J connectivity index is 0.00000162. The quantitative estimate of drug-likeness (QED) is 0.909. The van der Waals surface area contributed by atoms with Crippen molar-refractivity contribution in [3.05, 3.63) is 47.0 Å². The van der Waals surface area contributed by atoms with Crippen LogP contribution >= 0.6 is 23.7 Å². The minimum Gasteiger partial charge on any atom is -0.316 e. The number of rotatable bonds is 3. The van der Waals surface area contributed by atoms with E-state index in [1.54, 1.807) is 0 Å². The van der Waals surface area contributed by atoms with Crippen molar-refractivity contribution in [2.45, 2.75) is 13.0 Å². The Morgan fingerprint density at radius 1 is 1.39 bits per heavy atom. The van der Waals surface area contributed by atoms with E-state index < -0.39 is 6.04 Å². The van der Waals surface area contributed by atoms with Gasteiger partial charge in [-0.25, -0.2) is 4.98 Å². The molecule has 1 aromatic heterocycles. The molecule has 3 N–H and O–H groups in total. The number of anilines is 1. The molecule has 0 saturated carbocycles. The van der Waals surface area contributed by atoms with Crippen LogP contribution in [0.4, 0.5) is 5.13 Å². The van der Waals surface area contributed by atoms with Gasteiger partial charge >= 0.3 is 0 Å². The van der Waals surface area contributed by atoms with Crippen molar-refractivity contribution < 1.29 is 4.79 Å². The summed E-state index contributed by atoms with van der Waals surface area (Å²) in [5.41, 5.74) is 7.54. The van der Waals surface area contributed by atoms with Crippen LogP contribution in [-0.4, -0.2) is 10.9 Å². The van der Waals surface area contributed by atoms with Gasteiger partial charge in [-0.2, -0.15) is 0 Å². The van der Waals surface area contributed by atoms with Gasteiger partial charge in [-0.15, -0.1) is 23.7 Å². The van der Waals surface area contributed by atoms with Crippen LogP contribution in [0.1, 0.15) is 17.3 Å². The van der Waals surface area contributed by atoms with Crippen molar-refractivity contribution in [1.29, 1.82) is 0 Å². The monoisotopic (exact) mass is 283 g/mol. The first-order valence-electron chi connectivity index (χ1n) is 5.20. The van der Waals surface area contributed by atoms with E-state index in [0.717, 1.165) is 11.3 Å². The number of aromatic nitrogens is 1. The Morgan fingerprint density at radius 2 is 2.06 bits per heavy atom. The van der Waals surface area contributed by atoms with Gasteiger partial charge in [0.25, 0.3) is 0 Å². The van der Waals surface area contributed by atoms with Crippen molar-refractivity contribution in [1.82, 2.24) is 4.98 Å². The molecule has 0 aliphatic rings. The van der Waals surface area contributed by atoms with Gasteiger partial charge in [0.05, 0.1) is 5.69 Å². The highest BCUT2D eigenvalue weighted by Crippen LogP contribution is 2.17. The van der Waals surface area contributed by atoms with Gasteiger partial charge in [-0.1, -0.05) is 30.3 Å². The zero-order chi connectivity index (χ0) is 12.3. The molecule has 6 heteroatoms. The van der Waals surface area contributed by atoms with Crippen LogP contribution in [0.2, 0.25) is 0 Å². The molecule has 1 atom stereocenters. The third-order valence-electron chi connectivity index (χ3n) is 2.29. The van der Waals surface area contributed by atoms with E-state index >= 15 is 0 Å². The number of hydrogen-bond donors (Lipinski definition) is 2. The predicted molar refractivity (Wildman–Crippen MR) is 76.1 cm³/mol. The first-order chi connectivity index (χ1) is 8.16. The maximum absolute atomic E-state index is 11.9. The van der Waals surface area contributed by atoms with Gasteiger partial charge in [0.15, 0.2) is 5.13 Å². The zero-order valence-corrected chi connectivity index (χ0v) is 11.4. The van der Waals surface area contributed by atoms with Crippen molar-refractivity contribution >= 4 is 34.8 Å². The van der Waals surface area contributed by atoms with Gasteiger partial charge in [-0.3, -0.25) is 4.79 Å². The van der Waals surface area contributed by atoms with Crippen LogP contribution in [-0.2, 0) is 4.79 Å². The number of halogens is 1. The SMILES string of the molecule is Cc1csc(NC(=O)C(N)c2ccccc2)n1.Cl. The Bertz CT molecular complexity index is 515. The third-order valence-corrected chi connectivity index (χ3v) is 3.17. The summed E-state index contributed by atoms with van der Waals surface area (Å²) in [6.07, 6.45) is 0. The fourth-order valence-electron chi connectivity index (χ4n) is 1.41. The Labute approximate surface area is 116 Å². The molecule has 1 heterocycles. The van der Waals surface area contributed by atoms with E-state index in [0.29, 0.717) is 5.13 Å². The Morgan fingerprint density at radius 3 is 2.61 bits per heavy atom. The highest BCUT2D eigenvalue weighted by atomic mass is 35.5. The molecule has 0 fully saturated rings. The summed E-state index contributed by atoms with van der Waals surface area (Å²) in [4.78, 5) is 16.0. The standard InChI is InChI=1S/C12H13N3OS.ClH/c1-8-7-17-12(14-8)15-11(16)10(13)9-5-3-2-4-6-9;/h2-7,10H,13H2,1H3,(H,14,15,16);1H. The third kappa shape index (κ3) is 3.53.